The highest BCUT2D eigenvalue weighted by molar-refractivity contribution is 9.10. The summed E-state index contributed by atoms with van der Waals surface area (Å²) in [5.41, 5.74) is 0.352. The summed E-state index contributed by atoms with van der Waals surface area (Å²) in [6, 6.07) is 10.2. The minimum atomic E-state index is -3.61. The Labute approximate surface area is 160 Å². The lowest BCUT2D eigenvalue weighted by molar-refractivity contribution is 0.0468. The predicted molar refractivity (Wildman–Crippen MR) is 97.7 cm³/mol. The Balaban J connectivity index is 1.74. The number of benzene rings is 2. The summed E-state index contributed by atoms with van der Waals surface area (Å²) < 4.78 is 46.1. The Morgan fingerprint density at radius 2 is 1.88 bits per heavy atom. The molecule has 1 aliphatic heterocycles. The molecule has 0 atom stereocenters. The zero-order valence-corrected chi connectivity index (χ0v) is 16.2. The van der Waals surface area contributed by atoms with E-state index in [1.54, 1.807) is 6.07 Å². The van der Waals surface area contributed by atoms with Gasteiger partial charge in [0.1, 0.15) is 12.4 Å². The van der Waals surface area contributed by atoms with Crippen molar-refractivity contribution in [3.05, 3.63) is 63.9 Å². The number of nitrogens with zero attached hydrogens (tertiary/aromatic N) is 1. The third kappa shape index (κ3) is 4.13. The van der Waals surface area contributed by atoms with E-state index in [4.69, 9.17) is 4.74 Å². The number of rotatable bonds is 5. The van der Waals surface area contributed by atoms with E-state index in [-0.39, 0.29) is 22.6 Å². The number of hydrogen-bond acceptors (Lipinski definition) is 4. The highest BCUT2D eigenvalue weighted by Gasteiger charge is 2.27. The lowest BCUT2D eigenvalue weighted by atomic mass is 10.2. The molecule has 2 aromatic rings. The zero-order chi connectivity index (χ0) is 18.7. The van der Waals surface area contributed by atoms with Gasteiger partial charge in [0.15, 0.2) is 0 Å². The summed E-state index contributed by atoms with van der Waals surface area (Å²) >= 11 is 3.16. The molecule has 5 nitrogen and oxygen atoms in total. The molecule has 0 aromatic heterocycles. The van der Waals surface area contributed by atoms with Crippen LogP contribution in [-0.4, -0.2) is 31.8 Å². The Kier molecular flexibility index (Phi) is 5.74. The van der Waals surface area contributed by atoms with Crippen LogP contribution in [-0.2, 0) is 21.4 Å². The Hall–Kier alpha value is -1.77. The highest BCUT2D eigenvalue weighted by atomic mass is 79.9. The van der Waals surface area contributed by atoms with Crippen LogP contribution < -0.4 is 0 Å². The van der Waals surface area contributed by atoms with Crippen molar-refractivity contribution in [3.63, 3.8) is 0 Å². The van der Waals surface area contributed by atoms with Crippen LogP contribution in [0.5, 0.6) is 0 Å². The number of sulfonamides is 1. The first-order chi connectivity index (χ1) is 12.4. The van der Waals surface area contributed by atoms with E-state index in [1.165, 1.54) is 40.7 Å². The van der Waals surface area contributed by atoms with E-state index < -0.39 is 21.8 Å². The second-order valence-corrected chi connectivity index (χ2v) is 8.80. The van der Waals surface area contributed by atoms with Gasteiger partial charge in [-0.2, -0.15) is 4.31 Å². The molecule has 0 aliphatic carbocycles. The first-order valence-electron chi connectivity index (χ1n) is 8.09. The minimum absolute atomic E-state index is 0.0590. The van der Waals surface area contributed by atoms with Crippen molar-refractivity contribution < 1.29 is 22.3 Å². The van der Waals surface area contributed by atoms with Gasteiger partial charge in [-0.15, -0.1) is 0 Å². The van der Waals surface area contributed by atoms with Gasteiger partial charge in [-0.3, -0.25) is 0 Å². The smallest absolute Gasteiger partial charge is 0.338 e. The molecule has 8 heteroatoms. The SMILES string of the molecule is O=C(OCc1ccc(Br)cc1F)c1cccc(S(=O)(=O)N2CCCC2)c1. The zero-order valence-electron chi connectivity index (χ0n) is 13.8. The number of carbonyl (C=O) groups excluding carboxylic acids is 1. The largest absolute Gasteiger partial charge is 0.457 e. The molecule has 2 aromatic carbocycles. The van der Waals surface area contributed by atoms with Gasteiger partial charge in [0.05, 0.1) is 10.5 Å². The molecule has 0 bridgehead atoms. The van der Waals surface area contributed by atoms with Crippen LogP contribution in [0.3, 0.4) is 0 Å². The summed E-state index contributed by atoms with van der Waals surface area (Å²) in [7, 11) is -3.61. The normalized spacial score (nSPS) is 15.2. The van der Waals surface area contributed by atoms with Gasteiger partial charge in [-0.05, 0) is 43.2 Å². The molecular formula is C18H17BrFNO4S. The summed E-state index contributed by atoms with van der Waals surface area (Å²) in [6.07, 6.45) is 1.67. The van der Waals surface area contributed by atoms with Crippen molar-refractivity contribution in [3.8, 4) is 0 Å². The first-order valence-corrected chi connectivity index (χ1v) is 10.3. The Bertz CT molecular complexity index is 927. The molecule has 0 spiro atoms. The summed E-state index contributed by atoms with van der Waals surface area (Å²) in [6.45, 7) is 0.737. The fourth-order valence-corrected chi connectivity index (χ4v) is 4.62. The van der Waals surface area contributed by atoms with Crippen molar-refractivity contribution in [2.75, 3.05) is 13.1 Å². The Morgan fingerprint density at radius 3 is 2.58 bits per heavy atom. The predicted octanol–water partition coefficient (Wildman–Crippen LogP) is 3.73. The van der Waals surface area contributed by atoms with Crippen molar-refractivity contribution in [1.82, 2.24) is 4.31 Å². The molecule has 1 fully saturated rings. The number of ether oxygens (including phenoxy) is 1. The van der Waals surface area contributed by atoms with Gasteiger partial charge in [0, 0.05) is 23.1 Å². The number of halogens is 2. The van der Waals surface area contributed by atoms with Gasteiger partial charge in [0.25, 0.3) is 0 Å². The molecule has 0 N–H and O–H groups in total. The maximum Gasteiger partial charge on any atom is 0.338 e. The summed E-state index contributed by atoms with van der Waals surface area (Å²) in [5, 5.41) is 0. The topological polar surface area (TPSA) is 63.7 Å². The summed E-state index contributed by atoms with van der Waals surface area (Å²) in [5.74, 6) is -1.19. The van der Waals surface area contributed by atoms with E-state index in [9.17, 15) is 17.6 Å². The third-order valence-electron chi connectivity index (χ3n) is 4.15. The number of esters is 1. The minimum Gasteiger partial charge on any atom is -0.457 e. The number of carbonyl (C=O) groups is 1. The van der Waals surface area contributed by atoms with Crippen molar-refractivity contribution >= 4 is 31.9 Å². The lowest BCUT2D eigenvalue weighted by Crippen LogP contribution is -2.28. The maximum absolute atomic E-state index is 13.8. The molecule has 1 saturated heterocycles. The van der Waals surface area contributed by atoms with Crippen LogP contribution >= 0.6 is 15.9 Å². The molecular weight excluding hydrogens is 425 g/mol. The summed E-state index contributed by atoms with van der Waals surface area (Å²) in [4.78, 5) is 12.3. The van der Waals surface area contributed by atoms with Gasteiger partial charge < -0.3 is 4.74 Å². The molecule has 0 unspecified atom stereocenters. The van der Waals surface area contributed by atoms with E-state index in [1.807, 2.05) is 0 Å². The average Bonchev–Trinajstić information content (AvgIpc) is 3.16. The van der Waals surface area contributed by atoms with Gasteiger partial charge in [-0.1, -0.05) is 28.1 Å². The van der Waals surface area contributed by atoms with Crippen LogP contribution in [0.4, 0.5) is 4.39 Å². The van der Waals surface area contributed by atoms with E-state index >= 15 is 0 Å². The van der Waals surface area contributed by atoms with Crippen LogP contribution in [0.25, 0.3) is 0 Å². The maximum atomic E-state index is 13.8. The van der Waals surface area contributed by atoms with Crippen molar-refractivity contribution in [1.29, 1.82) is 0 Å². The van der Waals surface area contributed by atoms with Crippen LogP contribution in [0.2, 0.25) is 0 Å². The van der Waals surface area contributed by atoms with E-state index in [0.29, 0.717) is 17.6 Å². The van der Waals surface area contributed by atoms with E-state index in [2.05, 4.69) is 15.9 Å². The van der Waals surface area contributed by atoms with Gasteiger partial charge in [-0.25, -0.2) is 17.6 Å². The van der Waals surface area contributed by atoms with Crippen molar-refractivity contribution in [2.45, 2.75) is 24.3 Å². The quantitative estimate of drug-likeness (QED) is 0.663. The first kappa shape index (κ1) is 19.0. The molecule has 0 saturated carbocycles. The number of hydrogen-bond donors (Lipinski definition) is 0. The standard InChI is InChI=1S/C18H17BrFNO4S/c19-15-7-6-14(17(20)11-15)12-25-18(22)13-4-3-5-16(10-13)26(23,24)21-8-1-2-9-21/h3-7,10-11H,1-2,8-9,12H2. The molecule has 0 radical (unpaired) electrons. The highest BCUT2D eigenvalue weighted by Crippen LogP contribution is 2.22. The molecule has 26 heavy (non-hydrogen) atoms. The fourth-order valence-electron chi connectivity index (χ4n) is 2.73. The van der Waals surface area contributed by atoms with Crippen molar-refractivity contribution in [2.24, 2.45) is 0 Å². The second-order valence-electron chi connectivity index (χ2n) is 5.95. The molecule has 1 aliphatic rings. The van der Waals surface area contributed by atoms with E-state index in [0.717, 1.165) is 12.8 Å². The second kappa shape index (κ2) is 7.85. The third-order valence-corrected chi connectivity index (χ3v) is 6.53. The molecule has 138 valence electrons. The Morgan fingerprint density at radius 1 is 1.15 bits per heavy atom. The van der Waals surface area contributed by atoms with Crippen LogP contribution in [0, 0.1) is 5.82 Å². The van der Waals surface area contributed by atoms with Gasteiger partial charge in [0.2, 0.25) is 10.0 Å². The molecule has 0 amide bonds. The monoisotopic (exact) mass is 441 g/mol. The van der Waals surface area contributed by atoms with Crippen LogP contribution in [0.15, 0.2) is 51.8 Å². The van der Waals surface area contributed by atoms with Crippen LogP contribution in [0.1, 0.15) is 28.8 Å². The fraction of sp³-hybridized carbons (Fsp3) is 0.278. The van der Waals surface area contributed by atoms with Gasteiger partial charge >= 0.3 is 5.97 Å². The average molecular weight is 442 g/mol. The molecule has 3 rings (SSSR count). The molecule has 1 heterocycles. The lowest BCUT2D eigenvalue weighted by Gasteiger charge is -2.15.